The molecule has 0 aromatic rings. The molecule has 0 aliphatic carbocycles. The first-order valence-electron chi connectivity index (χ1n) is 6.36. The van der Waals surface area contributed by atoms with Gasteiger partial charge in [-0.2, -0.15) is 5.26 Å². The summed E-state index contributed by atoms with van der Waals surface area (Å²) in [6.45, 7) is 5.80. The first-order chi connectivity index (χ1) is 8.29. The van der Waals surface area contributed by atoms with E-state index in [-0.39, 0.29) is 17.8 Å². The van der Waals surface area contributed by atoms with Gasteiger partial charge in [-0.25, -0.2) is 4.79 Å². The lowest BCUT2D eigenvalue weighted by Gasteiger charge is -2.26. The second-order valence-corrected chi connectivity index (χ2v) is 5.67. The normalized spacial score (nSPS) is 13.1. The molecule has 106 valence electrons. The fourth-order valence-corrected chi connectivity index (χ4v) is 1.94. The van der Waals surface area contributed by atoms with Crippen molar-refractivity contribution in [2.24, 2.45) is 11.3 Å². The number of carbonyl (C=O) groups is 2. The molecule has 0 spiro atoms. The molecule has 1 atom stereocenters. The highest BCUT2D eigenvalue weighted by Gasteiger charge is 2.30. The van der Waals surface area contributed by atoms with Crippen LogP contribution >= 0.6 is 0 Å². The van der Waals surface area contributed by atoms with Gasteiger partial charge in [-0.05, 0) is 18.3 Å². The number of unbranched alkanes of at least 4 members (excludes halogenated alkanes) is 3. The van der Waals surface area contributed by atoms with Gasteiger partial charge in [0.2, 0.25) is 0 Å². The molecule has 2 N–H and O–H groups in total. The van der Waals surface area contributed by atoms with Gasteiger partial charge >= 0.3 is 11.9 Å². The van der Waals surface area contributed by atoms with Crippen LogP contribution in [0.1, 0.15) is 59.3 Å². The van der Waals surface area contributed by atoms with Crippen molar-refractivity contribution in [1.29, 1.82) is 0 Å². The summed E-state index contributed by atoms with van der Waals surface area (Å²) < 4.78 is 0. The zero-order valence-corrected chi connectivity index (χ0v) is 11.4. The van der Waals surface area contributed by atoms with Crippen molar-refractivity contribution in [2.75, 3.05) is 0 Å². The Labute approximate surface area is 108 Å². The lowest BCUT2D eigenvalue weighted by atomic mass is 9.78. The second-order valence-electron chi connectivity index (χ2n) is 5.67. The highest BCUT2D eigenvalue weighted by molar-refractivity contribution is 5.70. The Hall–Kier alpha value is -1.10. The maximum atomic E-state index is 11.1. The smallest absolute Gasteiger partial charge is 0.342 e. The number of carbonyl (C=O) groups excluding carboxylic acids is 1. The minimum Gasteiger partial charge on any atom is -0.481 e. The zero-order chi connectivity index (χ0) is 14.2. The van der Waals surface area contributed by atoms with Gasteiger partial charge in [-0.3, -0.25) is 4.79 Å². The molecule has 5 heteroatoms. The van der Waals surface area contributed by atoms with Crippen LogP contribution in [0.3, 0.4) is 0 Å². The van der Waals surface area contributed by atoms with E-state index >= 15 is 0 Å². The van der Waals surface area contributed by atoms with E-state index in [1.54, 1.807) is 0 Å². The molecule has 1 unspecified atom stereocenters. The highest BCUT2D eigenvalue weighted by Crippen LogP contribution is 2.30. The Morgan fingerprint density at radius 2 is 1.67 bits per heavy atom. The molecule has 0 aliphatic heterocycles. The van der Waals surface area contributed by atoms with Crippen molar-refractivity contribution in [1.82, 2.24) is 0 Å². The maximum absolute atomic E-state index is 11.1. The monoisotopic (exact) mass is 260 g/mol. The number of rotatable bonds is 8. The fraction of sp³-hybridized carbons (Fsp3) is 0.846. The summed E-state index contributed by atoms with van der Waals surface area (Å²) in [5.41, 5.74) is -0.230. The zero-order valence-electron chi connectivity index (χ0n) is 11.4. The van der Waals surface area contributed by atoms with Gasteiger partial charge in [0.05, 0.1) is 5.92 Å². The SMILES string of the molecule is CC(C)(C)C(CCCCCCC(=O)OO)C(=O)O. The van der Waals surface area contributed by atoms with Crippen molar-refractivity contribution < 1.29 is 24.8 Å². The van der Waals surface area contributed by atoms with Crippen molar-refractivity contribution in [3.05, 3.63) is 0 Å². The van der Waals surface area contributed by atoms with E-state index in [0.717, 1.165) is 19.3 Å². The van der Waals surface area contributed by atoms with Gasteiger partial charge in [0, 0.05) is 6.42 Å². The highest BCUT2D eigenvalue weighted by atomic mass is 17.1. The van der Waals surface area contributed by atoms with E-state index in [1.165, 1.54) is 0 Å². The lowest BCUT2D eigenvalue weighted by Crippen LogP contribution is -2.28. The van der Waals surface area contributed by atoms with Crippen molar-refractivity contribution in [2.45, 2.75) is 59.3 Å². The van der Waals surface area contributed by atoms with E-state index in [9.17, 15) is 9.59 Å². The summed E-state index contributed by atoms with van der Waals surface area (Å²) >= 11 is 0. The van der Waals surface area contributed by atoms with Crippen LogP contribution in [0.15, 0.2) is 0 Å². The van der Waals surface area contributed by atoms with Crippen LogP contribution in [-0.4, -0.2) is 22.3 Å². The summed E-state index contributed by atoms with van der Waals surface area (Å²) in [4.78, 5) is 25.3. The van der Waals surface area contributed by atoms with Gasteiger partial charge < -0.3 is 9.99 Å². The molecule has 0 saturated carbocycles. The largest absolute Gasteiger partial charge is 0.481 e. The molecule has 0 rings (SSSR count). The average molecular weight is 260 g/mol. The molecule has 0 aromatic carbocycles. The Kier molecular flexibility index (Phi) is 7.59. The van der Waals surface area contributed by atoms with Crippen LogP contribution in [-0.2, 0) is 14.5 Å². The predicted molar refractivity (Wildman–Crippen MR) is 67.0 cm³/mol. The summed E-state index contributed by atoms with van der Waals surface area (Å²) in [7, 11) is 0. The van der Waals surface area contributed by atoms with E-state index in [2.05, 4.69) is 4.89 Å². The van der Waals surface area contributed by atoms with Crippen LogP contribution in [0.25, 0.3) is 0 Å². The molecule has 0 amide bonds. The average Bonchev–Trinajstić information content (AvgIpc) is 2.25. The Bertz CT molecular complexity index is 267. The van der Waals surface area contributed by atoms with E-state index in [0.29, 0.717) is 12.8 Å². The number of aliphatic carboxylic acids is 1. The van der Waals surface area contributed by atoms with Gasteiger partial charge in [0.15, 0.2) is 0 Å². The van der Waals surface area contributed by atoms with E-state index in [1.807, 2.05) is 20.8 Å². The van der Waals surface area contributed by atoms with Crippen LogP contribution in [0, 0.1) is 11.3 Å². The van der Waals surface area contributed by atoms with Gasteiger partial charge in [-0.15, -0.1) is 0 Å². The molecule has 0 radical (unpaired) electrons. The van der Waals surface area contributed by atoms with Crippen LogP contribution in [0.4, 0.5) is 0 Å². The van der Waals surface area contributed by atoms with Crippen molar-refractivity contribution in [3.8, 4) is 0 Å². The third kappa shape index (κ3) is 7.27. The molecule has 0 bridgehead atoms. The molecule has 5 nitrogen and oxygen atoms in total. The van der Waals surface area contributed by atoms with Crippen molar-refractivity contribution in [3.63, 3.8) is 0 Å². The summed E-state index contributed by atoms with van der Waals surface area (Å²) in [6.07, 6.45) is 4.08. The predicted octanol–water partition coefficient (Wildman–Crippen LogP) is 3.09. The Morgan fingerprint density at radius 1 is 1.11 bits per heavy atom. The van der Waals surface area contributed by atoms with Crippen molar-refractivity contribution >= 4 is 11.9 Å². The number of carboxylic acid groups (broad SMARTS) is 1. The summed E-state index contributed by atoms with van der Waals surface area (Å²) in [6, 6.07) is 0. The molecule has 0 aromatic heterocycles. The fourth-order valence-electron chi connectivity index (χ4n) is 1.94. The molecule has 0 fully saturated rings. The van der Waals surface area contributed by atoms with Crippen LogP contribution in [0.2, 0.25) is 0 Å². The summed E-state index contributed by atoms with van der Waals surface area (Å²) in [5, 5.41) is 17.2. The molecular weight excluding hydrogens is 236 g/mol. The molecule has 0 saturated heterocycles. The minimum atomic E-state index is -0.744. The summed E-state index contributed by atoms with van der Waals surface area (Å²) in [5.74, 6) is -1.70. The third-order valence-electron chi connectivity index (χ3n) is 3.07. The second kappa shape index (κ2) is 8.08. The van der Waals surface area contributed by atoms with E-state index < -0.39 is 11.9 Å². The minimum absolute atomic E-state index is 0.206. The van der Waals surface area contributed by atoms with Crippen LogP contribution in [0.5, 0.6) is 0 Å². The topological polar surface area (TPSA) is 83.8 Å². The molecule has 0 heterocycles. The lowest BCUT2D eigenvalue weighted by molar-refractivity contribution is -0.234. The first-order valence-corrected chi connectivity index (χ1v) is 6.36. The Balaban J connectivity index is 3.76. The van der Waals surface area contributed by atoms with Gasteiger partial charge in [0.25, 0.3) is 0 Å². The van der Waals surface area contributed by atoms with Gasteiger partial charge in [-0.1, -0.05) is 40.0 Å². The Morgan fingerprint density at radius 3 is 2.11 bits per heavy atom. The number of hydrogen-bond donors (Lipinski definition) is 2. The van der Waals surface area contributed by atoms with E-state index in [4.69, 9.17) is 10.4 Å². The van der Waals surface area contributed by atoms with Crippen LogP contribution < -0.4 is 0 Å². The maximum Gasteiger partial charge on any atom is 0.342 e. The molecule has 18 heavy (non-hydrogen) atoms. The third-order valence-corrected chi connectivity index (χ3v) is 3.07. The number of carboxylic acids is 1. The first kappa shape index (κ1) is 16.9. The quantitative estimate of drug-likeness (QED) is 0.398. The number of hydrogen-bond acceptors (Lipinski definition) is 4. The molecular formula is C13H24O5. The molecule has 0 aliphatic rings. The standard InChI is InChI=1S/C13H24O5/c1-13(2,3)10(12(15)16)8-6-4-5-7-9-11(14)18-17/h10,17H,4-9H2,1-3H3,(H,15,16). The van der Waals surface area contributed by atoms with Gasteiger partial charge in [0.1, 0.15) is 0 Å².